The summed E-state index contributed by atoms with van der Waals surface area (Å²) in [5, 5.41) is 0. The fourth-order valence-corrected chi connectivity index (χ4v) is 1.52. The quantitative estimate of drug-likeness (QED) is 0.824. The molecule has 0 aliphatic rings. The average molecular weight is 218 g/mol. The van der Waals surface area contributed by atoms with E-state index in [4.69, 9.17) is 10.5 Å². The van der Waals surface area contributed by atoms with Crippen LogP contribution in [0.25, 0.3) is 0 Å². The summed E-state index contributed by atoms with van der Waals surface area (Å²) in [6, 6.07) is 3.87. The van der Waals surface area contributed by atoms with Crippen molar-refractivity contribution in [1.82, 2.24) is 14.5 Å². The van der Waals surface area contributed by atoms with Crippen LogP contribution in [0.1, 0.15) is 11.3 Å². The van der Waals surface area contributed by atoms with Gasteiger partial charge in [0, 0.05) is 24.5 Å². The van der Waals surface area contributed by atoms with E-state index in [1.54, 1.807) is 19.6 Å². The highest BCUT2D eigenvalue weighted by Gasteiger charge is 2.04. The molecule has 0 amide bonds. The highest BCUT2D eigenvalue weighted by Crippen LogP contribution is 2.15. The molecule has 5 heteroatoms. The average Bonchev–Trinajstić information content (AvgIpc) is 2.77. The van der Waals surface area contributed by atoms with E-state index in [2.05, 4.69) is 9.97 Å². The van der Waals surface area contributed by atoms with Crippen molar-refractivity contribution in [3.05, 3.63) is 42.1 Å². The van der Waals surface area contributed by atoms with Gasteiger partial charge in [-0.2, -0.15) is 0 Å². The molecule has 2 aromatic heterocycles. The highest BCUT2D eigenvalue weighted by atomic mass is 16.5. The molecule has 84 valence electrons. The van der Waals surface area contributed by atoms with Gasteiger partial charge in [-0.1, -0.05) is 6.07 Å². The van der Waals surface area contributed by atoms with Gasteiger partial charge in [-0.25, -0.2) is 9.97 Å². The van der Waals surface area contributed by atoms with Crippen molar-refractivity contribution >= 4 is 0 Å². The fourth-order valence-electron chi connectivity index (χ4n) is 1.52. The van der Waals surface area contributed by atoms with Gasteiger partial charge in [0.2, 0.25) is 5.88 Å². The van der Waals surface area contributed by atoms with E-state index in [0.29, 0.717) is 19.0 Å². The van der Waals surface area contributed by atoms with Crippen LogP contribution < -0.4 is 10.5 Å². The Morgan fingerprint density at radius 3 is 3.00 bits per heavy atom. The van der Waals surface area contributed by atoms with Crippen molar-refractivity contribution in [3.8, 4) is 5.88 Å². The Labute approximate surface area is 93.9 Å². The van der Waals surface area contributed by atoms with Gasteiger partial charge in [0.15, 0.2) is 0 Å². The molecule has 0 radical (unpaired) electrons. The van der Waals surface area contributed by atoms with Crippen LogP contribution >= 0.6 is 0 Å². The maximum absolute atomic E-state index is 5.50. The smallest absolute Gasteiger partial charge is 0.218 e. The number of methoxy groups -OCH3 is 1. The van der Waals surface area contributed by atoms with Crippen molar-refractivity contribution in [2.24, 2.45) is 5.73 Å². The van der Waals surface area contributed by atoms with Crippen LogP contribution in [0.2, 0.25) is 0 Å². The number of rotatable bonds is 4. The van der Waals surface area contributed by atoms with Gasteiger partial charge in [0.1, 0.15) is 0 Å². The topological polar surface area (TPSA) is 66.0 Å². The van der Waals surface area contributed by atoms with Crippen molar-refractivity contribution in [1.29, 1.82) is 0 Å². The van der Waals surface area contributed by atoms with Gasteiger partial charge in [-0.3, -0.25) is 0 Å². The molecular formula is C11H14N4O. The van der Waals surface area contributed by atoms with Crippen LogP contribution in [0.3, 0.4) is 0 Å². The van der Waals surface area contributed by atoms with Gasteiger partial charge in [-0.15, -0.1) is 0 Å². The number of pyridine rings is 1. The molecule has 0 bridgehead atoms. The predicted octanol–water partition coefficient (Wildman–Crippen LogP) is 0.794. The van der Waals surface area contributed by atoms with E-state index in [-0.39, 0.29) is 0 Å². The second-order valence-electron chi connectivity index (χ2n) is 3.41. The molecule has 0 spiro atoms. The van der Waals surface area contributed by atoms with Crippen LogP contribution in [0, 0.1) is 0 Å². The van der Waals surface area contributed by atoms with Crippen molar-refractivity contribution in [3.63, 3.8) is 0 Å². The molecule has 16 heavy (non-hydrogen) atoms. The largest absolute Gasteiger partial charge is 0.481 e. The number of hydrogen-bond acceptors (Lipinski definition) is 4. The zero-order chi connectivity index (χ0) is 11.4. The molecule has 0 saturated carbocycles. The third kappa shape index (κ3) is 2.20. The van der Waals surface area contributed by atoms with E-state index < -0.39 is 0 Å². The van der Waals surface area contributed by atoms with E-state index in [9.17, 15) is 0 Å². The summed E-state index contributed by atoms with van der Waals surface area (Å²) < 4.78 is 7.14. The SMILES string of the molecule is COc1ncccc1Cn1cnc(CN)c1. The van der Waals surface area contributed by atoms with Crippen molar-refractivity contribution in [2.45, 2.75) is 13.1 Å². The molecule has 0 atom stereocenters. The number of aromatic nitrogens is 3. The molecule has 0 saturated heterocycles. The van der Waals surface area contributed by atoms with Crippen LogP contribution in [-0.2, 0) is 13.1 Å². The maximum Gasteiger partial charge on any atom is 0.218 e. The third-order valence-electron chi connectivity index (χ3n) is 2.29. The van der Waals surface area contributed by atoms with Gasteiger partial charge in [0.05, 0.1) is 25.7 Å². The Hall–Kier alpha value is -1.88. The summed E-state index contributed by atoms with van der Waals surface area (Å²) >= 11 is 0. The zero-order valence-corrected chi connectivity index (χ0v) is 9.13. The minimum Gasteiger partial charge on any atom is -0.481 e. The summed E-state index contributed by atoms with van der Waals surface area (Å²) in [4.78, 5) is 8.30. The molecule has 0 aliphatic carbocycles. The van der Waals surface area contributed by atoms with Crippen molar-refractivity contribution < 1.29 is 4.74 Å². The lowest BCUT2D eigenvalue weighted by atomic mass is 10.2. The number of nitrogens with two attached hydrogens (primary N) is 1. The van der Waals surface area contributed by atoms with Gasteiger partial charge >= 0.3 is 0 Å². The number of nitrogens with zero attached hydrogens (tertiary/aromatic N) is 3. The molecule has 0 aromatic carbocycles. The standard InChI is InChI=1S/C11H14N4O/c1-16-11-9(3-2-4-13-11)6-15-7-10(5-12)14-8-15/h2-4,7-8H,5-6,12H2,1H3. The lowest BCUT2D eigenvalue weighted by Gasteiger charge is -2.06. The molecule has 2 N–H and O–H groups in total. The van der Waals surface area contributed by atoms with E-state index >= 15 is 0 Å². The van der Waals surface area contributed by atoms with Crippen LogP contribution in [0.15, 0.2) is 30.9 Å². The van der Waals surface area contributed by atoms with Crippen molar-refractivity contribution in [2.75, 3.05) is 7.11 Å². The summed E-state index contributed by atoms with van der Waals surface area (Å²) in [5.41, 5.74) is 7.40. The summed E-state index contributed by atoms with van der Waals surface area (Å²) in [5.74, 6) is 0.644. The molecule has 0 fully saturated rings. The second kappa shape index (κ2) is 4.76. The van der Waals surface area contributed by atoms with Gasteiger partial charge in [-0.05, 0) is 6.07 Å². The maximum atomic E-state index is 5.50. The molecule has 2 rings (SSSR count). The van der Waals surface area contributed by atoms with E-state index in [1.807, 2.05) is 22.9 Å². The van der Waals surface area contributed by atoms with Gasteiger partial charge in [0.25, 0.3) is 0 Å². The molecule has 0 aliphatic heterocycles. The fraction of sp³-hybridized carbons (Fsp3) is 0.273. The number of hydrogen-bond donors (Lipinski definition) is 1. The Morgan fingerprint density at radius 1 is 1.44 bits per heavy atom. The minimum atomic E-state index is 0.456. The van der Waals surface area contributed by atoms with Crippen LogP contribution in [0.5, 0.6) is 5.88 Å². The lowest BCUT2D eigenvalue weighted by Crippen LogP contribution is -2.01. The Bertz CT molecular complexity index is 467. The normalized spacial score (nSPS) is 10.4. The number of ether oxygens (including phenoxy) is 1. The van der Waals surface area contributed by atoms with Crippen LogP contribution in [0.4, 0.5) is 0 Å². The number of imidazole rings is 1. The Kier molecular flexibility index (Phi) is 3.16. The molecule has 5 nitrogen and oxygen atoms in total. The lowest BCUT2D eigenvalue weighted by molar-refractivity contribution is 0.391. The summed E-state index contributed by atoms with van der Waals surface area (Å²) in [6.07, 6.45) is 5.39. The minimum absolute atomic E-state index is 0.456. The monoisotopic (exact) mass is 218 g/mol. The molecule has 2 aromatic rings. The zero-order valence-electron chi connectivity index (χ0n) is 9.13. The first kappa shape index (κ1) is 10.6. The van der Waals surface area contributed by atoms with Crippen LogP contribution in [-0.4, -0.2) is 21.6 Å². The first-order valence-electron chi connectivity index (χ1n) is 5.02. The summed E-state index contributed by atoms with van der Waals surface area (Å²) in [7, 11) is 1.62. The Morgan fingerprint density at radius 2 is 2.31 bits per heavy atom. The molecular weight excluding hydrogens is 204 g/mol. The third-order valence-corrected chi connectivity index (χ3v) is 2.29. The van der Waals surface area contributed by atoms with Gasteiger partial charge < -0.3 is 15.0 Å². The first-order chi connectivity index (χ1) is 7.83. The summed E-state index contributed by atoms with van der Waals surface area (Å²) in [6.45, 7) is 1.14. The predicted molar refractivity (Wildman–Crippen MR) is 60.0 cm³/mol. The molecule has 2 heterocycles. The Balaban J connectivity index is 2.19. The highest BCUT2D eigenvalue weighted by molar-refractivity contribution is 5.25. The molecule has 0 unspecified atom stereocenters. The van der Waals surface area contributed by atoms with E-state index in [1.165, 1.54) is 0 Å². The first-order valence-corrected chi connectivity index (χ1v) is 5.02. The second-order valence-corrected chi connectivity index (χ2v) is 3.41. The van der Waals surface area contributed by atoms with E-state index in [0.717, 1.165) is 11.3 Å².